The van der Waals surface area contributed by atoms with Gasteiger partial charge in [0.2, 0.25) is 5.78 Å². The minimum Gasteiger partial charge on any atom is -0.289 e. The second-order valence-electron chi connectivity index (χ2n) is 3.58. The molecule has 0 aromatic heterocycles. The topological polar surface area (TPSA) is 17.1 Å². The molecule has 0 atom stereocenters. The van der Waals surface area contributed by atoms with Gasteiger partial charge in [0.1, 0.15) is 0 Å². The highest BCUT2D eigenvalue weighted by Crippen LogP contribution is 2.32. The Labute approximate surface area is 104 Å². The number of hydrogen-bond acceptors (Lipinski definition) is 1. The van der Waals surface area contributed by atoms with Crippen molar-refractivity contribution in [3.05, 3.63) is 34.4 Å². The first-order valence-electron chi connectivity index (χ1n) is 4.43. The fourth-order valence-corrected chi connectivity index (χ4v) is 1.66. The van der Waals surface area contributed by atoms with Gasteiger partial charge in [-0.3, -0.25) is 4.79 Å². The van der Waals surface area contributed by atoms with Gasteiger partial charge in [0.15, 0.2) is 0 Å². The zero-order valence-corrected chi connectivity index (χ0v) is 11.0. The lowest BCUT2D eigenvalue weighted by molar-refractivity contribution is 0.0995. The van der Waals surface area contributed by atoms with E-state index in [1.165, 1.54) is 0 Å². The fourth-order valence-electron chi connectivity index (χ4n) is 1.36. The molecule has 0 saturated heterocycles. The standard InChI is InChI=1S/C11H11Cl3O/c1-6-4-8(3)9(5-7(6)2)10(15)11(12,13)14/h4-5H,1-3H3. The summed E-state index contributed by atoms with van der Waals surface area (Å²) in [6.45, 7) is 5.73. The molecular weight excluding hydrogens is 254 g/mol. The fraction of sp³-hybridized carbons (Fsp3) is 0.364. The molecule has 0 spiro atoms. The Bertz CT molecular complexity index is 405. The highest BCUT2D eigenvalue weighted by Gasteiger charge is 2.32. The van der Waals surface area contributed by atoms with Gasteiger partial charge in [-0.25, -0.2) is 0 Å². The molecule has 0 heterocycles. The highest BCUT2D eigenvalue weighted by atomic mass is 35.6. The lowest BCUT2D eigenvalue weighted by Crippen LogP contribution is -2.20. The molecule has 1 aromatic carbocycles. The third-order valence-corrected chi connectivity index (χ3v) is 2.86. The molecule has 1 rings (SSSR count). The van der Waals surface area contributed by atoms with E-state index in [-0.39, 0.29) is 0 Å². The molecule has 0 saturated carbocycles. The summed E-state index contributed by atoms with van der Waals surface area (Å²) < 4.78 is -1.88. The van der Waals surface area contributed by atoms with Crippen molar-refractivity contribution in [2.24, 2.45) is 0 Å². The van der Waals surface area contributed by atoms with Crippen LogP contribution in [0.25, 0.3) is 0 Å². The van der Waals surface area contributed by atoms with Gasteiger partial charge in [-0.05, 0) is 43.5 Å². The summed E-state index contributed by atoms with van der Waals surface area (Å²) in [6, 6.07) is 3.67. The number of carbonyl (C=O) groups is 1. The van der Waals surface area contributed by atoms with E-state index in [4.69, 9.17) is 34.8 Å². The lowest BCUT2D eigenvalue weighted by Gasteiger charge is -2.13. The zero-order valence-electron chi connectivity index (χ0n) is 8.70. The molecule has 0 fully saturated rings. The Kier molecular flexibility index (Phi) is 3.70. The van der Waals surface area contributed by atoms with Crippen LogP contribution in [0.4, 0.5) is 0 Å². The number of benzene rings is 1. The first-order chi connectivity index (χ1) is 6.73. The van der Waals surface area contributed by atoms with Crippen LogP contribution >= 0.6 is 34.8 Å². The number of ketones is 1. The van der Waals surface area contributed by atoms with Crippen molar-refractivity contribution in [3.63, 3.8) is 0 Å². The van der Waals surface area contributed by atoms with Gasteiger partial charge in [-0.1, -0.05) is 40.9 Å². The van der Waals surface area contributed by atoms with Crippen LogP contribution in [0.2, 0.25) is 0 Å². The summed E-state index contributed by atoms with van der Waals surface area (Å²) in [5.74, 6) is -0.479. The van der Waals surface area contributed by atoms with Crippen LogP contribution in [0.15, 0.2) is 12.1 Å². The number of carbonyl (C=O) groups excluding carboxylic acids is 1. The van der Waals surface area contributed by atoms with E-state index in [0.717, 1.165) is 16.7 Å². The number of halogens is 3. The summed E-state index contributed by atoms with van der Waals surface area (Å²) in [6.07, 6.45) is 0. The van der Waals surface area contributed by atoms with Gasteiger partial charge >= 0.3 is 0 Å². The summed E-state index contributed by atoms with van der Waals surface area (Å²) in [7, 11) is 0. The van der Waals surface area contributed by atoms with Crippen molar-refractivity contribution in [3.8, 4) is 0 Å². The molecule has 0 unspecified atom stereocenters. The van der Waals surface area contributed by atoms with Crippen LogP contribution in [-0.2, 0) is 0 Å². The zero-order chi connectivity index (χ0) is 11.8. The summed E-state index contributed by atoms with van der Waals surface area (Å²) in [5, 5.41) is 0. The molecule has 0 N–H and O–H groups in total. The molecule has 82 valence electrons. The molecule has 0 aliphatic carbocycles. The molecule has 0 aliphatic rings. The van der Waals surface area contributed by atoms with Crippen molar-refractivity contribution in [2.45, 2.75) is 24.6 Å². The Morgan fingerprint density at radius 3 is 1.93 bits per heavy atom. The van der Waals surface area contributed by atoms with E-state index in [1.54, 1.807) is 6.07 Å². The maximum Gasteiger partial charge on any atom is 0.253 e. The van der Waals surface area contributed by atoms with E-state index in [9.17, 15) is 4.79 Å². The Morgan fingerprint density at radius 1 is 1.00 bits per heavy atom. The molecule has 0 bridgehead atoms. The lowest BCUT2D eigenvalue weighted by atomic mass is 9.98. The molecule has 0 aliphatic heterocycles. The summed E-state index contributed by atoms with van der Waals surface area (Å²) >= 11 is 16.7. The summed E-state index contributed by atoms with van der Waals surface area (Å²) in [5.41, 5.74) is 3.43. The molecule has 0 amide bonds. The normalized spacial score (nSPS) is 11.6. The molecular formula is C11H11Cl3O. The van der Waals surface area contributed by atoms with Gasteiger partial charge in [-0.2, -0.15) is 0 Å². The second-order valence-corrected chi connectivity index (χ2v) is 5.86. The maximum absolute atomic E-state index is 11.8. The van der Waals surface area contributed by atoms with Crippen molar-refractivity contribution in [1.82, 2.24) is 0 Å². The molecule has 15 heavy (non-hydrogen) atoms. The largest absolute Gasteiger partial charge is 0.289 e. The first kappa shape index (κ1) is 12.8. The Balaban J connectivity index is 3.28. The second kappa shape index (κ2) is 4.32. The van der Waals surface area contributed by atoms with Crippen LogP contribution in [-0.4, -0.2) is 9.58 Å². The highest BCUT2D eigenvalue weighted by molar-refractivity contribution is 6.77. The molecule has 1 aromatic rings. The van der Waals surface area contributed by atoms with Gasteiger partial charge < -0.3 is 0 Å². The Hall–Kier alpha value is -0.240. The number of rotatable bonds is 1. The van der Waals surface area contributed by atoms with Crippen molar-refractivity contribution >= 4 is 40.6 Å². The maximum atomic E-state index is 11.8. The van der Waals surface area contributed by atoms with Crippen LogP contribution in [0.3, 0.4) is 0 Å². The monoisotopic (exact) mass is 264 g/mol. The average molecular weight is 266 g/mol. The van der Waals surface area contributed by atoms with Crippen LogP contribution in [0, 0.1) is 20.8 Å². The minimum absolute atomic E-state index is 0.470. The van der Waals surface area contributed by atoms with E-state index in [2.05, 4.69) is 0 Å². The predicted octanol–water partition coefficient (Wildman–Crippen LogP) is 4.16. The smallest absolute Gasteiger partial charge is 0.253 e. The Morgan fingerprint density at radius 2 is 1.47 bits per heavy atom. The van der Waals surface area contributed by atoms with Gasteiger partial charge in [0.25, 0.3) is 3.79 Å². The molecule has 1 nitrogen and oxygen atoms in total. The van der Waals surface area contributed by atoms with Crippen LogP contribution < -0.4 is 0 Å². The van der Waals surface area contributed by atoms with Crippen molar-refractivity contribution < 1.29 is 4.79 Å². The third kappa shape index (κ3) is 2.87. The van der Waals surface area contributed by atoms with E-state index in [0.29, 0.717) is 5.56 Å². The quantitative estimate of drug-likeness (QED) is 0.550. The van der Waals surface area contributed by atoms with E-state index >= 15 is 0 Å². The van der Waals surface area contributed by atoms with Gasteiger partial charge in [0.05, 0.1) is 0 Å². The van der Waals surface area contributed by atoms with Gasteiger partial charge in [0, 0.05) is 5.56 Å². The van der Waals surface area contributed by atoms with E-state index < -0.39 is 9.58 Å². The number of aryl methyl sites for hydroxylation is 3. The minimum atomic E-state index is -1.88. The van der Waals surface area contributed by atoms with E-state index in [1.807, 2.05) is 26.8 Å². The average Bonchev–Trinajstić information content (AvgIpc) is 2.08. The van der Waals surface area contributed by atoms with Crippen LogP contribution in [0.1, 0.15) is 27.0 Å². The number of hydrogen-bond donors (Lipinski definition) is 0. The number of Topliss-reactive ketones (excluding diaryl/α,β-unsaturated/α-hetero) is 1. The van der Waals surface area contributed by atoms with Crippen molar-refractivity contribution in [1.29, 1.82) is 0 Å². The van der Waals surface area contributed by atoms with Crippen molar-refractivity contribution in [2.75, 3.05) is 0 Å². The van der Waals surface area contributed by atoms with Crippen LogP contribution in [0.5, 0.6) is 0 Å². The summed E-state index contributed by atoms with van der Waals surface area (Å²) in [4.78, 5) is 11.8. The molecule has 4 heteroatoms. The predicted molar refractivity (Wildman–Crippen MR) is 65.3 cm³/mol. The first-order valence-corrected chi connectivity index (χ1v) is 5.56. The molecule has 0 radical (unpaired) electrons. The number of alkyl halides is 3. The van der Waals surface area contributed by atoms with Gasteiger partial charge in [-0.15, -0.1) is 0 Å². The SMILES string of the molecule is Cc1cc(C)c(C(=O)C(Cl)(Cl)Cl)cc1C. The third-order valence-electron chi connectivity index (χ3n) is 2.34.